The molecule has 1 N–H and O–H groups in total. The molecule has 86 valence electrons. The van der Waals surface area contributed by atoms with E-state index < -0.39 is 0 Å². The minimum absolute atomic E-state index is 0.182. The van der Waals surface area contributed by atoms with Gasteiger partial charge in [-0.25, -0.2) is 4.79 Å². The number of aromatic nitrogens is 2. The Labute approximate surface area is 97.5 Å². The second kappa shape index (κ2) is 3.73. The van der Waals surface area contributed by atoms with E-state index in [4.69, 9.17) is 0 Å². The summed E-state index contributed by atoms with van der Waals surface area (Å²) in [6.45, 7) is 0. The highest BCUT2D eigenvalue weighted by atomic mass is 16.2. The van der Waals surface area contributed by atoms with Gasteiger partial charge in [0.25, 0.3) is 5.56 Å². The maximum Gasteiger partial charge on any atom is 0.328 e. The molecule has 0 saturated heterocycles. The average molecular weight is 228 g/mol. The van der Waals surface area contributed by atoms with Crippen LogP contribution in [0.5, 0.6) is 0 Å². The van der Waals surface area contributed by atoms with Crippen molar-refractivity contribution in [3.05, 3.63) is 69.0 Å². The fraction of sp³-hybridized carbons (Fsp3) is 0.231. The zero-order valence-corrected chi connectivity index (χ0v) is 9.17. The minimum Gasteiger partial charge on any atom is -0.297 e. The van der Waals surface area contributed by atoms with Crippen LogP contribution < -0.4 is 11.2 Å². The molecule has 0 bridgehead atoms. The molecule has 2 atom stereocenters. The number of aromatic amines is 1. The van der Waals surface area contributed by atoms with Gasteiger partial charge in [0.1, 0.15) is 0 Å². The van der Waals surface area contributed by atoms with Gasteiger partial charge >= 0.3 is 5.69 Å². The van der Waals surface area contributed by atoms with Crippen molar-refractivity contribution in [2.45, 2.75) is 18.4 Å². The molecule has 1 aliphatic rings. The molecule has 0 amide bonds. The summed E-state index contributed by atoms with van der Waals surface area (Å²) in [5.41, 5.74) is 0.583. The molecule has 0 unspecified atom stereocenters. The normalized spacial score (nSPS) is 22.4. The molecule has 0 spiro atoms. The Kier molecular flexibility index (Phi) is 2.21. The van der Waals surface area contributed by atoms with E-state index in [9.17, 15) is 9.59 Å². The summed E-state index contributed by atoms with van der Waals surface area (Å²) in [6.07, 6.45) is 2.53. The molecule has 0 aliphatic heterocycles. The van der Waals surface area contributed by atoms with Crippen LogP contribution in [0.3, 0.4) is 0 Å². The summed E-state index contributed by atoms with van der Waals surface area (Å²) >= 11 is 0. The summed E-state index contributed by atoms with van der Waals surface area (Å²) in [5, 5.41) is 0. The Balaban J connectivity index is 1.90. The third-order valence-electron chi connectivity index (χ3n) is 3.19. The standard InChI is InChI=1S/C13H12N2O2/c16-12-6-7-15(13(17)14-12)11-8-10(11)9-4-2-1-3-5-9/h1-7,10-11H,8H2,(H,14,16,17)/t10-,11+/m0/s1. The molecular weight excluding hydrogens is 216 g/mol. The zero-order valence-electron chi connectivity index (χ0n) is 9.17. The van der Waals surface area contributed by atoms with E-state index in [1.165, 1.54) is 11.6 Å². The van der Waals surface area contributed by atoms with E-state index in [0.29, 0.717) is 5.92 Å². The number of H-pyrrole nitrogens is 1. The van der Waals surface area contributed by atoms with E-state index in [0.717, 1.165) is 6.42 Å². The highest BCUT2D eigenvalue weighted by molar-refractivity contribution is 5.26. The van der Waals surface area contributed by atoms with Crippen molar-refractivity contribution in [2.24, 2.45) is 0 Å². The number of hydrogen-bond acceptors (Lipinski definition) is 2. The molecule has 1 aromatic heterocycles. The molecule has 1 fully saturated rings. The molecule has 4 nitrogen and oxygen atoms in total. The smallest absolute Gasteiger partial charge is 0.297 e. The number of nitrogens with zero attached hydrogens (tertiary/aromatic N) is 1. The molecule has 2 aromatic rings. The molecule has 1 heterocycles. The van der Waals surface area contributed by atoms with Crippen LogP contribution >= 0.6 is 0 Å². The van der Waals surface area contributed by atoms with Crippen molar-refractivity contribution in [3.8, 4) is 0 Å². The van der Waals surface area contributed by atoms with Crippen molar-refractivity contribution in [1.29, 1.82) is 0 Å². The molecular formula is C13H12N2O2. The Bertz CT molecular complexity index is 642. The lowest BCUT2D eigenvalue weighted by Gasteiger charge is -2.03. The monoisotopic (exact) mass is 228 g/mol. The Hall–Kier alpha value is -2.10. The average Bonchev–Trinajstić information content (AvgIpc) is 3.10. The molecule has 3 rings (SSSR count). The second-order valence-electron chi connectivity index (χ2n) is 4.34. The fourth-order valence-corrected chi connectivity index (χ4v) is 2.24. The number of rotatable bonds is 2. The van der Waals surface area contributed by atoms with E-state index in [2.05, 4.69) is 17.1 Å². The number of hydrogen-bond donors (Lipinski definition) is 1. The summed E-state index contributed by atoms with van der Waals surface area (Å²) < 4.78 is 1.61. The van der Waals surface area contributed by atoms with Crippen LogP contribution in [0.4, 0.5) is 0 Å². The quantitative estimate of drug-likeness (QED) is 0.841. The van der Waals surface area contributed by atoms with Gasteiger partial charge in [-0.3, -0.25) is 14.3 Å². The molecule has 1 aliphatic carbocycles. The van der Waals surface area contributed by atoms with Crippen molar-refractivity contribution >= 4 is 0 Å². The van der Waals surface area contributed by atoms with Gasteiger partial charge in [-0.1, -0.05) is 30.3 Å². The van der Waals surface area contributed by atoms with Crippen molar-refractivity contribution in [2.75, 3.05) is 0 Å². The largest absolute Gasteiger partial charge is 0.328 e. The summed E-state index contributed by atoms with van der Waals surface area (Å²) in [4.78, 5) is 24.9. The van der Waals surface area contributed by atoms with Gasteiger partial charge in [-0.15, -0.1) is 0 Å². The van der Waals surface area contributed by atoms with Gasteiger partial charge in [0.05, 0.1) is 0 Å². The summed E-state index contributed by atoms with van der Waals surface area (Å²) in [6, 6.07) is 11.7. The molecule has 1 aromatic carbocycles. The van der Waals surface area contributed by atoms with Crippen LogP contribution in [0.2, 0.25) is 0 Å². The highest BCUT2D eigenvalue weighted by Gasteiger charge is 2.40. The summed E-state index contributed by atoms with van der Waals surface area (Å²) in [7, 11) is 0. The first-order chi connectivity index (χ1) is 8.25. The van der Waals surface area contributed by atoms with E-state index in [-0.39, 0.29) is 17.3 Å². The maximum absolute atomic E-state index is 11.6. The van der Waals surface area contributed by atoms with E-state index in [1.54, 1.807) is 10.8 Å². The van der Waals surface area contributed by atoms with Gasteiger partial charge in [0.2, 0.25) is 0 Å². The fourth-order valence-electron chi connectivity index (χ4n) is 2.24. The lowest BCUT2D eigenvalue weighted by Crippen LogP contribution is -2.28. The van der Waals surface area contributed by atoms with Gasteiger partial charge in [-0.2, -0.15) is 0 Å². The van der Waals surface area contributed by atoms with Crippen molar-refractivity contribution in [1.82, 2.24) is 9.55 Å². The van der Waals surface area contributed by atoms with E-state index >= 15 is 0 Å². The third kappa shape index (κ3) is 1.82. The number of nitrogens with one attached hydrogen (secondary N) is 1. The first kappa shape index (κ1) is 10.1. The van der Waals surface area contributed by atoms with Gasteiger partial charge in [0, 0.05) is 24.2 Å². The van der Waals surface area contributed by atoms with Crippen LogP contribution in [-0.2, 0) is 0 Å². The molecule has 1 saturated carbocycles. The Morgan fingerprint density at radius 1 is 1.12 bits per heavy atom. The lowest BCUT2D eigenvalue weighted by molar-refractivity contribution is 0.658. The van der Waals surface area contributed by atoms with Crippen molar-refractivity contribution < 1.29 is 0 Å². The maximum atomic E-state index is 11.6. The topological polar surface area (TPSA) is 54.9 Å². The molecule has 4 heteroatoms. The van der Waals surface area contributed by atoms with Crippen LogP contribution in [0, 0.1) is 0 Å². The minimum atomic E-state index is -0.344. The zero-order chi connectivity index (χ0) is 11.8. The summed E-state index contributed by atoms with van der Waals surface area (Å²) in [5.74, 6) is 0.389. The predicted molar refractivity (Wildman–Crippen MR) is 64.2 cm³/mol. The first-order valence-corrected chi connectivity index (χ1v) is 5.62. The predicted octanol–water partition coefficient (Wildman–Crippen LogP) is 1.27. The Morgan fingerprint density at radius 2 is 1.88 bits per heavy atom. The SMILES string of the molecule is O=c1ccn([C@@H]2C[C@H]2c2ccccc2)c(=O)[nH]1. The van der Waals surface area contributed by atoms with Crippen LogP contribution in [0.15, 0.2) is 52.2 Å². The van der Waals surface area contributed by atoms with Gasteiger partial charge in [0.15, 0.2) is 0 Å². The lowest BCUT2D eigenvalue weighted by atomic mass is 10.1. The van der Waals surface area contributed by atoms with Crippen molar-refractivity contribution in [3.63, 3.8) is 0 Å². The second-order valence-corrected chi connectivity index (χ2v) is 4.34. The Morgan fingerprint density at radius 3 is 2.59 bits per heavy atom. The van der Waals surface area contributed by atoms with E-state index in [1.807, 2.05) is 18.2 Å². The van der Waals surface area contributed by atoms with Gasteiger partial charge in [-0.05, 0) is 12.0 Å². The molecule has 0 radical (unpaired) electrons. The van der Waals surface area contributed by atoms with Gasteiger partial charge < -0.3 is 0 Å². The number of benzene rings is 1. The highest BCUT2D eigenvalue weighted by Crippen LogP contribution is 2.50. The van der Waals surface area contributed by atoms with Crippen LogP contribution in [0.25, 0.3) is 0 Å². The first-order valence-electron chi connectivity index (χ1n) is 5.62. The third-order valence-corrected chi connectivity index (χ3v) is 3.19. The van der Waals surface area contributed by atoms with Crippen LogP contribution in [0.1, 0.15) is 23.9 Å². The van der Waals surface area contributed by atoms with Crippen LogP contribution in [-0.4, -0.2) is 9.55 Å². The molecule has 17 heavy (non-hydrogen) atoms.